The lowest BCUT2D eigenvalue weighted by Crippen LogP contribution is -2.61. The molecule has 220 valence electrons. The highest BCUT2D eigenvalue weighted by molar-refractivity contribution is 5.92. The van der Waals surface area contributed by atoms with Crippen LogP contribution in [-0.4, -0.2) is 68.4 Å². The standard InChI is InChI=1S/C31H31F3N4O4/c1-17-26(35-38-13-19(16-39)8-25(42-2)27(17)38)24-9-20-4-3-5-23(28(20)37(24)12-18-6-7-18)22-14-36(15-22)29(40)21-10-30(41,11-21)31(32,33)34/h3-5,8-9,13,16,18,21-22,41H,6-7,10-12,14-15H2,1-2H3. The Morgan fingerprint density at radius 3 is 2.57 bits per heavy atom. The lowest BCUT2D eigenvalue weighted by molar-refractivity contribution is -0.297. The number of halogens is 3. The maximum absolute atomic E-state index is 13.1. The van der Waals surface area contributed by atoms with Crippen molar-refractivity contribution < 1.29 is 32.6 Å². The van der Waals surface area contributed by atoms with E-state index in [0.29, 0.717) is 30.3 Å². The second-order valence-electron chi connectivity index (χ2n) is 12.2. The van der Waals surface area contributed by atoms with Crippen LogP contribution in [0.15, 0.2) is 36.5 Å². The largest absolute Gasteiger partial charge is 0.494 e. The van der Waals surface area contributed by atoms with Gasteiger partial charge >= 0.3 is 6.18 Å². The molecule has 3 fully saturated rings. The summed E-state index contributed by atoms with van der Waals surface area (Å²) >= 11 is 0. The normalized spacial score (nSPS) is 22.8. The molecule has 3 aliphatic rings. The van der Waals surface area contributed by atoms with Gasteiger partial charge in [0.05, 0.1) is 18.3 Å². The number of fused-ring (bicyclic) bond motifs is 2. The van der Waals surface area contributed by atoms with E-state index in [-0.39, 0.29) is 11.8 Å². The van der Waals surface area contributed by atoms with Crippen molar-refractivity contribution in [1.29, 1.82) is 0 Å². The molecule has 0 unspecified atom stereocenters. The highest BCUT2D eigenvalue weighted by atomic mass is 19.4. The van der Waals surface area contributed by atoms with E-state index in [0.717, 1.165) is 64.6 Å². The van der Waals surface area contributed by atoms with Crippen molar-refractivity contribution in [1.82, 2.24) is 19.1 Å². The van der Waals surface area contributed by atoms with E-state index in [2.05, 4.69) is 22.8 Å². The number of methoxy groups -OCH3 is 1. The number of para-hydroxylation sites is 1. The maximum atomic E-state index is 13.1. The summed E-state index contributed by atoms with van der Waals surface area (Å²) in [6.45, 7) is 3.69. The van der Waals surface area contributed by atoms with Gasteiger partial charge in [0, 0.05) is 54.2 Å². The molecule has 0 spiro atoms. The number of alkyl halides is 3. The first-order valence-corrected chi connectivity index (χ1v) is 14.2. The first kappa shape index (κ1) is 27.0. The maximum Gasteiger partial charge on any atom is 0.417 e. The first-order valence-electron chi connectivity index (χ1n) is 14.2. The van der Waals surface area contributed by atoms with Crippen molar-refractivity contribution in [2.24, 2.45) is 11.8 Å². The second kappa shape index (κ2) is 9.32. The fourth-order valence-corrected chi connectivity index (χ4v) is 6.67. The van der Waals surface area contributed by atoms with Crippen molar-refractivity contribution in [2.75, 3.05) is 20.2 Å². The van der Waals surface area contributed by atoms with Crippen LogP contribution in [0.25, 0.3) is 27.8 Å². The van der Waals surface area contributed by atoms with Crippen molar-refractivity contribution in [3.05, 3.63) is 53.2 Å². The Morgan fingerprint density at radius 1 is 1.19 bits per heavy atom. The molecule has 1 amide bonds. The van der Waals surface area contributed by atoms with Crippen molar-refractivity contribution in [2.45, 2.75) is 56.8 Å². The third-order valence-corrected chi connectivity index (χ3v) is 9.32. The molecular weight excluding hydrogens is 549 g/mol. The highest BCUT2D eigenvalue weighted by Gasteiger charge is 2.63. The molecule has 3 aromatic heterocycles. The number of pyridine rings is 1. The molecule has 7 rings (SSSR count). The van der Waals surface area contributed by atoms with Gasteiger partial charge in [0.25, 0.3) is 0 Å². The van der Waals surface area contributed by atoms with Gasteiger partial charge in [-0.1, -0.05) is 18.2 Å². The number of amides is 1. The van der Waals surface area contributed by atoms with Crippen LogP contribution in [0.4, 0.5) is 13.2 Å². The highest BCUT2D eigenvalue weighted by Crippen LogP contribution is 2.50. The molecule has 4 heterocycles. The summed E-state index contributed by atoms with van der Waals surface area (Å²) < 4.78 is 48.8. The number of likely N-dealkylation sites (tertiary alicyclic amines) is 1. The van der Waals surface area contributed by atoms with E-state index < -0.39 is 30.5 Å². The zero-order valence-corrected chi connectivity index (χ0v) is 23.3. The van der Waals surface area contributed by atoms with Crippen molar-refractivity contribution in [3.63, 3.8) is 0 Å². The van der Waals surface area contributed by atoms with E-state index in [9.17, 15) is 27.9 Å². The van der Waals surface area contributed by atoms with E-state index in [1.54, 1.807) is 28.8 Å². The topological polar surface area (TPSA) is 89.1 Å². The van der Waals surface area contributed by atoms with Crippen LogP contribution < -0.4 is 4.74 Å². The summed E-state index contributed by atoms with van der Waals surface area (Å²) in [6.07, 6.45) is -1.10. The monoisotopic (exact) mass is 580 g/mol. The number of benzene rings is 1. The number of carbonyl (C=O) groups is 2. The molecule has 1 aliphatic heterocycles. The predicted octanol–water partition coefficient (Wildman–Crippen LogP) is 5.12. The minimum atomic E-state index is -4.72. The fourth-order valence-electron chi connectivity index (χ4n) is 6.67. The van der Waals surface area contributed by atoms with Gasteiger partial charge in [-0.2, -0.15) is 18.3 Å². The summed E-state index contributed by atoms with van der Waals surface area (Å²) in [5.41, 5.74) is 3.39. The van der Waals surface area contributed by atoms with Gasteiger partial charge in [0.1, 0.15) is 17.0 Å². The number of hydrogen-bond acceptors (Lipinski definition) is 5. The molecule has 8 nitrogen and oxygen atoms in total. The Kier molecular flexibility index (Phi) is 5.99. The first-order chi connectivity index (χ1) is 20.0. The van der Waals surface area contributed by atoms with Gasteiger partial charge in [-0.25, -0.2) is 4.52 Å². The molecule has 0 atom stereocenters. The average molecular weight is 581 g/mol. The van der Waals surface area contributed by atoms with Crippen LogP contribution >= 0.6 is 0 Å². The second-order valence-corrected chi connectivity index (χ2v) is 12.2. The lowest BCUT2D eigenvalue weighted by Gasteiger charge is -2.48. The van der Waals surface area contributed by atoms with Crippen molar-refractivity contribution >= 4 is 28.6 Å². The third-order valence-electron chi connectivity index (χ3n) is 9.32. The third kappa shape index (κ3) is 4.11. The van der Waals surface area contributed by atoms with Crippen LogP contribution in [0.1, 0.15) is 53.1 Å². The number of nitrogens with zero attached hydrogens (tertiary/aromatic N) is 4. The van der Waals surface area contributed by atoms with Gasteiger partial charge in [-0.05, 0) is 56.2 Å². The number of aldehydes is 1. The fraction of sp³-hybridized carbons (Fsp3) is 0.452. The number of hydrogen-bond donors (Lipinski definition) is 1. The van der Waals surface area contributed by atoms with Crippen molar-refractivity contribution in [3.8, 4) is 17.1 Å². The zero-order valence-electron chi connectivity index (χ0n) is 23.3. The predicted molar refractivity (Wildman–Crippen MR) is 149 cm³/mol. The molecule has 0 radical (unpaired) electrons. The summed E-state index contributed by atoms with van der Waals surface area (Å²) in [4.78, 5) is 26.0. The molecule has 4 aromatic rings. The Balaban J connectivity index is 1.22. The van der Waals surface area contributed by atoms with Gasteiger partial charge in [0.15, 0.2) is 11.9 Å². The molecular formula is C31H31F3N4O4. The number of aromatic nitrogens is 3. The van der Waals surface area contributed by atoms with Crippen LogP contribution in [0.3, 0.4) is 0 Å². The number of aliphatic hydroxyl groups is 1. The van der Waals surface area contributed by atoms with E-state index in [1.165, 1.54) is 0 Å². The molecule has 1 N–H and O–H groups in total. The smallest absolute Gasteiger partial charge is 0.417 e. The number of rotatable bonds is 7. The average Bonchev–Trinajstić information content (AvgIpc) is 3.57. The van der Waals surface area contributed by atoms with Crippen LogP contribution in [0.2, 0.25) is 0 Å². The lowest BCUT2D eigenvalue weighted by atomic mass is 9.69. The minimum Gasteiger partial charge on any atom is -0.494 e. The summed E-state index contributed by atoms with van der Waals surface area (Å²) in [5, 5.41) is 15.7. The molecule has 2 saturated carbocycles. The van der Waals surface area contributed by atoms with Gasteiger partial charge in [0.2, 0.25) is 5.91 Å². The number of ether oxygens (including phenoxy) is 1. The van der Waals surface area contributed by atoms with Crippen LogP contribution in [-0.2, 0) is 11.3 Å². The van der Waals surface area contributed by atoms with Gasteiger partial charge < -0.3 is 19.3 Å². The van der Waals surface area contributed by atoms with E-state index in [4.69, 9.17) is 9.84 Å². The number of aryl methyl sites for hydroxylation is 1. The van der Waals surface area contributed by atoms with Crippen LogP contribution in [0.5, 0.6) is 5.75 Å². The van der Waals surface area contributed by atoms with Gasteiger partial charge in [-0.3, -0.25) is 9.59 Å². The summed E-state index contributed by atoms with van der Waals surface area (Å²) in [6, 6.07) is 9.98. The SMILES string of the molecule is COc1cc(C=O)cn2nc(-c3cc4cccc(C5CN(C(=O)C6CC(O)(C(F)(F)F)C6)C5)c4n3CC3CC3)c(C)c12. The Labute approximate surface area is 239 Å². The Hall–Kier alpha value is -3.86. The summed E-state index contributed by atoms with van der Waals surface area (Å²) in [7, 11) is 1.57. The minimum absolute atomic E-state index is 0.0531. The zero-order chi connectivity index (χ0) is 29.6. The Morgan fingerprint density at radius 2 is 1.93 bits per heavy atom. The van der Waals surface area contributed by atoms with Crippen LogP contribution in [0, 0.1) is 18.8 Å². The van der Waals surface area contributed by atoms with E-state index in [1.807, 2.05) is 13.0 Å². The number of carbonyl (C=O) groups excluding carboxylic acids is 2. The van der Waals surface area contributed by atoms with Gasteiger partial charge in [-0.15, -0.1) is 0 Å². The summed E-state index contributed by atoms with van der Waals surface area (Å²) in [5.74, 6) is 0.0725. The molecule has 2 aliphatic carbocycles. The molecule has 0 bridgehead atoms. The Bertz CT molecular complexity index is 1740. The quantitative estimate of drug-likeness (QED) is 0.307. The molecule has 11 heteroatoms. The molecule has 42 heavy (non-hydrogen) atoms. The molecule has 1 saturated heterocycles. The van der Waals surface area contributed by atoms with E-state index >= 15 is 0 Å². The molecule has 1 aromatic carbocycles.